The summed E-state index contributed by atoms with van der Waals surface area (Å²) in [7, 11) is 0. The van der Waals surface area contributed by atoms with E-state index >= 15 is 0 Å². The standard InChI is InChI=1S/C27H46N.2C2H6.Cm/c1-9-19(3)21-11-12-24(6)22-20(4)17-27(28)16-18(2)10-13-26(27,8)25(22,7)15-14-23(21,24)5;2*1-2;/h17-19,21-22H,1,9-16,28H2,2-8H3;2*1-2H3;/q-1;;;. The van der Waals surface area contributed by atoms with Gasteiger partial charge in [-0.15, -0.1) is 0 Å². The molecule has 4 aliphatic rings. The molecule has 3 saturated carbocycles. The molecule has 3 fully saturated rings. The van der Waals surface area contributed by atoms with E-state index in [0.29, 0.717) is 22.2 Å². The van der Waals surface area contributed by atoms with Gasteiger partial charge in [-0.2, -0.15) is 6.42 Å². The third-order valence-corrected chi connectivity index (χ3v) is 11.7. The van der Waals surface area contributed by atoms with E-state index in [9.17, 15) is 0 Å². The summed E-state index contributed by atoms with van der Waals surface area (Å²) >= 11 is 0. The fourth-order valence-corrected chi connectivity index (χ4v) is 9.70. The summed E-state index contributed by atoms with van der Waals surface area (Å²) in [5, 5.41) is 0. The molecule has 0 aromatic rings. The molecule has 2 N–H and O–H groups in total. The average molecular weight is 692 g/mol. The first-order chi connectivity index (χ1) is 14.9. The van der Waals surface area contributed by atoms with E-state index in [-0.39, 0.29) is 11.0 Å². The van der Waals surface area contributed by atoms with Gasteiger partial charge in [0.25, 0.3) is 0 Å². The van der Waals surface area contributed by atoms with Crippen molar-refractivity contribution in [1.82, 2.24) is 0 Å². The number of fused-ring (bicyclic) bond motifs is 5. The summed E-state index contributed by atoms with van der Waals surface area (Å²) in [6.07, 6.45) is 13.0. The van der Waals surface area contributed by atoms with Crippen LogP contribution in [0, 0.1) is 52.3 Å². The molecule has 1 nitrogen and oxygen atoms in total. The van der Waals surface area contributed by atoms with Crippen molar-refractivity contribution in [3.8, 4) is 0 Å². The largest absolute Gasteiger partial charge is 0.343 e. The van der Waals surface area contributed by atoms with Crippen molar-refractivity contribution in [3.05, 3.63) is 18.6 Å². The summed E-state index contributed by atoms with van der Waals surface area (Å²) < 4.78 is 0. The van der Waals surface area contributed by atoms with Crippen LogP contribution in [0.2, 0.25) is 0 Å². The molecule has 0 bridgehead atoms. The molecule has 0 amide bonds. The number of allylic oxidation sites excluding steroid dienone is 1. The maximum absolute atomic E-state index is 7.30. The van der Waals surface area contributed by atoms with Gasteiger partial charge in [-0.05, 0) is 84.9 Å². The Morgan fingerprint density at radius 3 is 2.03 bits per heavy atom. The quantitative estimate of drug-likeness (QED) is 0.227. The normalized spacial score (nSPS) is 48.8. The molecule has 0 aromatic heterocycles. The second kappa shape index (κ2) is 9.75. The van der Waals surface area contributed by atoms with Crippen molar-refractivity contribution in [2.75, 3.05) is 0 Å². The van der Waals surface area contributed by atoms with Gasteiger partial charge < -0.3 is 12.7 Å². The minimum Gasteiger partial charge on any atom is -0.343 e. The average Bonchev–Trinajstić information content (AvgIpc) is 3.03. The van der Waals surface area contributed by atoms with Gasteiger partial charge in [-0.3, -0.25) is 0 Å². The van der Waals surface area contributed by atoms with E-state index in [1.807, 2.05) is 27.7 Å². The number of hydrogen-bond donors (Lipinski definition) is 1. The summed E-state index contributed by atoms with van der Waals surface area (Å²) in [4.78, 5) is 0. The van der Waals surface area contributed by atoms with Crippen molar-refractivity contribution < 1.29 is 0 Å². The van der Waals surface area contributed by atoms with Crippen molar-refractivity contribution in [1.29, 1.82) is 0 Å². The second-order valence-electron chi connectivity index (χ2n) is 12.7. The minimum atomic E-state index is -0.122. The smallest absolute Gasteiger partial charge is 0.0404 e. The predicted octanol–water partition coefficient (Wildman–Crippen LogP) is 9.22. The van der Waals surface area contributed by atoms with Gasteiger partial charge in [-0.1, -0.05) is 93.2 Å². The molecule has 9 atom stereocenters. The summed E-state index contributed by atoms with van der Waals surface area (Å²) in [5.41, 5.74) is 10.2. The molecular formula is C31H58CmN-. The minimum absolute atomic E-state index is 0. The Balaban J connectivity index is 0.00000103. The van der Waals surface area contributed by atoms with Crippen LogP contribution < -0.4 is 5.73 Å². The van der Waals surface area contributed by atoms with E-state index in [1.54, 1.807) is 5.57 Å². The van der Waals surface area contributed by atoms with Crippen LogP contribution in [0.1, 0.15) is 128 Å². The van der Waals surface area contributed by atoms with Crippen molar-refractivity contribution in [3.63, 3.8) is 0 Å². The molecule has 4 rings (SSSR count). The third kappa shape index (κ3) is 3.70. The van der Waals surface area contributed by atoms with Gasteiger partial charge in [0.2, 0.25) is 0 Å². The van der Waals surface area contributed by atoms with E-state index in [4.69, 9.17) is 5.73 Å². The van der Waals surface area contributed by atoms with E-state index in [1.165, 1.54) is 38.5 Å². The number of hydrogen-bond acceptors (Lipinski definition) is 1. The van der Waals surface area contributed by atoms with Crippen LogP contribution in [0.3, 0.4) is 0 Å². The molecular weight excluding hydrogens is 633 g/mol. The van der Waals surface area contributed by atoms with Crippen LogP contribution in [-0.2, 0) is 0 Å². The zero-order chi connectivity index (χ0) is 24.8. The van der Waals surface area contributed by atoms with Gasteiger partial charge in [0.15, 0.2) is 0 Å². The van der Waals surface area contributed by atoms with Crippen LogP contribution in [-0.4, -0.2) is 5.54 Å². The van der Waals surface area contributed by atoms with Crippen molar-refractivity contribution >= 4 is 0 Å². The Bertz CT molecular complexity index is 686. The Kier molecular flexibility index (Phi) is 8.78. The third-order valence-electron chi connectivity index (χ3n) is 11.7. The fraction of sp³-hybridized carbons (Fsp3) is 0.903. The van der Waals surface area contributed by atoms with Crippen LogP contribution >= 0.6 is 0 Å². The summed E-state index contributed by atoms with van der Waals surface area (Å²) in [6, 6.07) is 0. The summed E-state index contributed by atoms with van der Waals surface area (Å²) in [6.45, 7) is 30.1. The van der Waals surface area contributed by atoms with Crippen LogP contribution in [0.5, 0.6) is 0 Å². The molecule has 0 radical (unpaired) electrons. The molecule has 0 heterocycles. The molecule has 0 aromatic carbocycles. The number of nitrogens with two attached hydrogens (primary N) is 1. The van der Waals surface area contributed by atoms with E-state index in [2.05, 4.69) is 61.5 Å². The van der Waals surface area contributed by atoms with Gasteiger partial charge in [0.1, 0.15) is 0 Å². The van der Waals surface area contributed by atoms with E-state index < -0.39 is 0 Å². The monoisotopic (exact) mass is 688 g/mol. The Hall–Kier alpha value is -1.30. The maximum atomic E-state index is 7.30. The van der Waals surface area contributed by atoms with Crippen LogP contribution in [0.15, 0.2) is 11.6 Å². The van der Waals surface area contributed by atoms with Gasteiger partial charge >= 0.3 is 0 Å². The first kappa shape index (κ1) is 29.7. The molecule has 33 heavy (non-hydrogen) atoms. The van der Waals surface area contributed by atoms with Gasteiger partial charge in [-0.25, -0.2) is 0 Å². The van der Waals surface area contributed by atoms with E-state index in [0.717, 1.165) is 30.6 Å². The number of rotatable bonds is 2. The predicted molar refractivity (Wildman–Crippen MR) is 143 cm³/mol. The molecule has 9 unspecified atom stereocenters. The summed E-state index contributed by atoms with van der Waals surface area (Å²) in [5.74, 6) is 3.00. The Morgan fingerprint density at radius 1 is 0.939 bits per heavy atom. The second-order valence-corrected chi connectivity index (χ2v) is 12.7. The Morgan fingerprint density at radius 2 is 1.48 bits per heavy atom. The molecule has 0 saturated heterocycles. The first-order valence-corrected chi connectivity index (χ1v) is 14.2. The van der Waals surface area contributed by atoms with Crippen molar-refractivity contribution in [2.24, 2.45) is 51.1 Å². The molecule has 0 aliphatic heterocycles. The van der Waals surface area contributed by atoms with Crippen molar-refractivity contribution in [2.45, 2.75) is 133 Å². The van der Waals surface area contributed by atoms with Gasteiger partial charge in [0.05, 0.1) is 0 Å². The zero-order valence-corrected chi connectivity index (χ0v) is 27.1. The zero-order valence-electron chi connectivity index (χ0n) is 24.2. The first-order valence-electron chi connectivity index (χ1n) is 14.2. The maximum Gasteiger partial charge on any atom is 0.0404 e. The molecule has 4 aliphatic carbocycles. The van der Waals surface area contributed by atoms with Crippen LogP contribution in [0.4, 0.5) is 0 Å². The topological polar surface area (TPSA) is 26.0 Å². The fourth-order valence-electron chi connectivity index (χ4n) is 9.70. The molecule has 0 spiro atoms. The van der Waals surface area contributed by atoms with Gasteiger partial charge in [0, 0.05) is 5.54 Å². The molecule has 2 heteroatoms. The molecule has 196 valence electrons. The SMILES string of the molecule is CC.CC.[CH2-]CC(C)C1CCC2(C)C3C(C)=CC4(N)CC(C)CCC4(C)C3(C)CCC12C.[Cm]. The Labute approximate surface area is 202 Å². The van der Waals surface area contributed by atoms with Crippen LogP contribution in [0.25, 0.3) is 0 Å².